The van der Waals surface area contributed by atoms with E-state index in [1.165, 1.54) is 11.1 Å². The minimum Gasteiger partial charge on any atom is -0.339 e. The number of aryl methyl sites for hydroxylation is 1. The van der Waals surface area contributed by atoms with Crippen LogP contribution in [0.4, 0.5) is 0 Å². The van der Waals surface area contributed by atoms with Gasteiger partial charge in [0.05, 0.1) is 13.0 Å². The van der Waals surface area contributed by atoms with E-state index < -0.39 is 0 Å². The maximum absolute atomic E-state index is 6.20. The van der Waals surface area contributed by atoms with E-state index in [1.807, 2.05) is 12.1 Å². The maximum atomic E-state index is 6.20. The maximum Gasteiger partial charge on any atom is 0.231 e. The average molecular weight is 314 g/mol. The first-order valence-electron chi connectivity index (χ1n) is 8.28. The number of hydrogen-bond acceptors (Lipinski definition) is 5. The van der Waals surface area contributed by atoms with Crippen LogP contribution in [-0.4, -0.2) is 34.2 Å². The monoisotopic (exact) mass is 314 g/mol. The fraction of sp³-hybridized carbons (Fsp3) is 0.556. The van der Waals surface area contributed by atoms with Crippen LogP contribution in [0, 0.1) is 12.3 Å². The molecular weight excluding hydrogens is 288 g/mol. The molecule has 0 spiro atoms. The molecule has 0 bridgehead atoms. The van der Waals surface area contributed by atoms with Crippen molar-refractivity contribution in [1.29, 1.82) is 0 Å². The number of nitrogens with two attached hydrogens (primary N) is 1. The van der Waals surface area contributed by atoms with Gasteiger partial charge in [-0.1, -0.05) is 43.3 Å². The molecule has 1 fully saturated rings. The fourth-order valence-electron chi connectivity index (χ4n) is 3.22. The molecule has 1 aliphatic rings. The molecular formula is C18H26N4O. The van der Waals surface area contributed by atoms with Crippen LogP contribution in [-0.2, 0) is 13.0 Å². The molecule has 0 amide bonds. The zero-order valence-corrected chi connectivity index (χ0v) is 14.2. The summed E-state index contributed by atoms with van der Waals surface area (Å²) in [5.41, 5.74) is 8.81. The summed E-state index contributed by atoms with van der Waals surface area (Å²) in [7, 11) is 0. The second kappa shape index (κ2) is 6.42. The highest BCUT2D eigenvalue weighted by molar-refractivity contribution is 5.27. The lowest BCUT2D eigenvalue weighted by atomic mass is 9.80. The van der Waals surface area contributed by atoms with Crippen molar-refractivity contribution in [3.05, 3.63) is 47.1 Å². The normalized spacial score (nSPS) is 21.5. The molecule has 124 valence electrons. The summed E-state index contributed by atoms with van der Waals surface area (Å²) in [6.45, 7) is 9.24. The predicted molar refractivity (Wildman–Crippen MR) is 89.9 cm³/mol. The number of hydrogen-bond donors (Lipinski definition) is 1. The molecule has 5 heteroatoms. The van der Waals surface area contributed by atoms with Gasteiger partial charge in [-0.2, -0.15) is 4.98 Å². The molecule has 0 saturated carbocycles. The fourth-order valence-corrected chi connectivity index (χ4v) is 3.22. The third kappa shape index (κ3) is 3.79. The highest BCUT2D eigenvalue weighted by Crippen LogP contribution is 2.28. The summed E-state index contributed by atoms with van der Waals surface area (Å²) in [5, 5.41) is 4.14. The first-order valence-corrected chi connectivity index (χ1v) is 8.28. The summed E-state index contributed by atoms with van der Waals surface area (Å²) in [6.07, 6.45) is 1.71. The molecule has 5 nitrogen and oxygen atoms in total. The van der Waals surface area contributed by atoms with Gasteiger partial charge in [-0.05, 0) is 29.9 Å². The van der Waals surface area contributed by atoms with Crippen LogP contribution in [0.25, 0.3) is 0 Å². The van der Waals surface area contributed by atoms with E-state index in [4.69, 9.17) is 10.3 Å². The molecule has 2 aromatic rings. The summed E-state index contributed by atoms with van der Waals surface area (Å²) in [4.78, 5) is 6.92. The summed E-state index contributed by atoms with van der Waals surface area (Å²) < 4.78 is 5.43. The van der Waals surface area contributed by atoms with Crippen molar-refractivity contribution in [3.63, 3.8) is 0 Å². The quantitative estimate of drug-likeness (QED) is 0.939. The van der Waals surface area contributed by atoms with Gasteiger partial charge in [0.25, 0.3) is 0 Å². The van der Waals surface area contributed by atoms with Gasteiger partial charge in [-0.15, -0.1) is 0 Å². The van der Waals surface area contributed by atoms with Gasteiger partial charge >= 0.3 is 0 Å². The van der Waals surface area contributed by atoms with Gasteiger partial charge in [-0.3, -0.25) is 4.90 Å². The van der Waals surface area contributed by atoms with E-state index in [0.717, 1.165) is 31.9 Å². The zero-order valence-electron chi connectivity index (χ0n) is 14.2. The minimum atomic E-state index is 0.131. The summed E-state index contributed by atoms with van der Waals surface area (Å²) in [5.74, 6) is 1.45. The van der Waals surface area contributed by atoms with Crippen molar-refractivity contribution >= 4 is 0 Å². The highest BCUT2D eigenvalue weighted by Gasteiger charge is 2.33. The lowest BCUT2D eigenvalue weighted by Crippen LogP contribution is -2.52. The van der Waals surface area contributed by atoms with Gasteiger partial charge in [0.15, 0.2) is 5.82 Å². The summed E-state index contributed by atoms with van der Waals surface area (Å²) in [6, 6.07) is 8.56. The Balaban J connectivity index is 1.63. The Kier molecular flexibility index (Phi) is 4.50. The number of benzene rings is 1. The first kappa shape index (κ1) is 16.1. The molecule has 0 radical (unpaired) electrons. The topological polar surface area (TPSA) is 68.2 Å². The van der Waals surface area contributed by atoms with E-state index in [-0.39, 0.29) is 11.5 Å². The van der Waals surface area contributed by atoms with Gasteiger partial charge in [0, 0.05) is 19.1 Å². The van der Waals surface area contributed by atoms with E-state index in [9.17, 15) is 0 Å². The third-order valence-corrected chi connectivity index (χ3v) is 4.87. The molecule has 23 heavy (non-hydrogen) atoms. The lowest BCUT2D eigenvalue weighted by molar-refractivity contribution is 0.0872. The predicted octanol–water partition coefficient (Wildman–Crippen LogP) is 2.53. The number of rotatable bonds is 4. The largest absolute Gasteiger partial charge is 0.339 e. The minimum absolute atomic E-state index is 0.131. The van der Waals surface area contributed by atoms with Crippen molar-refractivity contribution in [2.45, 2.75) is 46.2 Å². The molecule has 2 heterocycles. The van der Waals surface area contributed by atoms with Gasteiger partial charge in [0.1, 0.15) is 0 Å². The van der Waals surface area contributed by atoms with Crippen LogP contribution in [0.3, 0.4) is 0 Å². The number of aromatic nitrogens is 2. The number of likely N-dealkylation sites (tertiary alicyclic amines) is 1. The smallest absolute Gasteiger partial charge is 0.231 e. The van der Waals surface area contributed by atoms with Crippen molar-refractivity contribution in [2.24, 2.45) is 11.1 Å². The molecule has 1 saturated heterocycles. The van der Waals surface area contributed by atoms with Crippen LogP contribution >= 0.6 is 0 Å². The molecule has 0 aliphatic carbocycles. The van der Waals surface area contributed by atoms with Crippen LogP contribution < -0.4 is 5.73 Å². The Labute approximate surface area is 137 Å². The Morgan fingerprint density at radius 1 is 1.35 bits per heavy atom. The number of piperidine rings is 1. The third-order valence-electron chi connectivity index (χ3n) is 4.87. The van der Waals surface area contributed by atoms with Gasteiger partial charge in [-0.25, -0.2) is 0 Å². The molecule has 3 rings (SSSR count). The van der Waals surface area contributed by atoms with Crippen molar-refractivity contribution in [2.75, 3.05) is 13.1 Å². The van der Waals surface area contributed by atoms with Gasteiger partial charge < -0.3 is 10.3 Å². The molecule has 1 atom stereocenters. The molecule has 1 aromatic carbocycles. The Bertz CT molecular complexity index is 665. The standard InChI is InChI=1S/C18H26N4O/c1-13-6-4-5-7-14(13)10-17-20-16(21-23-17)11-22-9-8-15(19)18(2,3)12-22/h4-7,15H,8-12,19H2,1-3H3. The second-order valence-corrected chi connectivity index (χ2v) is 7.30. The first-order chi connectivity index (χ1) is 10.9. The van der Waals surface area contributed by atoms with E-state index in [1.54, 1.807) is 0 Å². The number of nitrogens with zero attached hydrogens (tertiary/aromatic N) is 3. The molecule has 1 aromatic heterocycles. The Morgan fingerprint density at radius 2 is 2.13 bits per heavy atom. The van der Waals surface area contributed by atoms with E-state index in [0.29, 0.717) is 12.3 Å². The molecule has 2 N–H and O–H groups in total. The van der Waals surface area contributed by atoms with Crippen LogP contribution in [0.2, 0.25) is 0 Å². The van der Waals surface area contributed by atoms with Crippen molar-refractivity contribution in [1.82, 2.24) is 15.0 Å². The zero-order chi connectivity index (χ0) is 16.4. The van der Waals surface area contributed by atoms with E-state index >= 15 is 0 Å². The SMILES string of the molecule is Cc1ccccc1Cc1nc(CN2CCC(N)C(C)(C)C2)no1. The van der Waals surface area contributed by atoms with Crippen molar-refractivity contribution < 1.29 is 4.52 Å². The van der Waals surface area contributed by atoms with Crippen LogP contribution in [0.5, 0.6) is 0 Å². The lowest BCUT2D eigenvalue weighted by Gasteiger charge is -2.42. The van der Waals surface area contributed by atoms with E-state index in [2.05, 4.69) is 47.9 Å². The second-order valence-electron chi connectivity index (χ2n) is 7.30. The highest BCUT2D eigenvalue weighted by atomic mass is 16.5. The molecule has 1 unspecified atom stereocenters. The Hall–Kier alpha value is -1.72. The summed E-state index contributed by atoms with van der Waals surface area (Å²) >= 11 is 0. The molecule has 1 aliphatic heterocycles. The van der Waals surface area contributed by atoms with Gasteiger partial charge in [0.2, 0.25) is 5.89 Å². The van der Waals surface area contributed by atoms with Crippen molar-refractivity contribution in [3.8, 4) is 0 Å². The Morgan fingerprint density at radius 3 is 2.87 bits per heavy atom. The average Bonchev–Trinajstić information content (AvgIpc) is 2.92. The van der Waals surface area contributed by atoms with Crippen LogP contribution in [0.15, 0.2) is 28.8 Å². The van der Waals surface area contributed by atoms with Crippen LogP contribution in [0.1, 0.15) is 43.1 Å².